The van der Waals surface area contributed by atoms with Crippen molar-refractivity contribution in [3.05, 3.63) is 60.3 Å². The summed E-state index contributed by atoms with van der Waals surface area (Å²) in [6.07, 6.45) is 2.56. The Balaban J connectivity index is 1.97. The number of nitrogens with zero attached hydrogens (tertiary/aromatic N) is 2. The minimum absolute atomic E-state index is 0.134. The summed E-state index contributed by atoms with van der Waals surface area (Å²) >= 11 is 6.36. The summed E-state index contributed by atoms with van der Waals surface area (Å²) in [4.78, 5) is 20.9. The summed E-state index contributed by atoms with van der Waals surface area (Å²) in [5.74, 6) is 0.429. The number of benzene rings is 2. The summed E-state index contributed by atoms with van der Waals surface area (Å²) in [5.41, 5.74) is 1.93. The first kappa shape index (κ1) is 29.7. The Labute approximate surface area is 233 Å². The third kappa shape index (κ3) is 7.37. The molecule has 11 nitrogen and oxygen atoms in total. The monoisotopic (exact) mass is 573 g/mol. The number of anilines is 6. The zero-order valence-electron chi connectivity index (χ0n) is 22.1. The van der Waals surface area contributed by atoms with Crippen LogP contribution in [0, 0.1) is 0 Å². The molecule has 2 aromatic carbocycles. The Morgan fingerprint density at radius 2 is 1.85 bits per heavy atom. The van der Waals surface area contributed by atoms with Crippen LogP contribution in [0.1, 0.15) is 13.8 Å². The second-order valence-electron chi connectivity index (χ2n) is 8.55. The molecule has 0 saturated heterocycles. The molecule has 0 bridgehead atoms. The smallest absolute Gasteiger partial charge is 0.247 e. The molecule has 0 atom stereocenters. The maximum Gasteiger partial charge on any atom is 0.247 e. The van der Waals surface area contributed by atoms with Crippen LogP contribution < -0.4 is 31.3 Å². The summed E-state index contributed by atoms with van der Waals surface area (Å²) < 4.78 is 31.3. The molecule has 1 amide bonds. The first-order valence-corrected chi connectivity index (χ1v) is 14.0. The van der Waals surface area contributed by atoms with Crippen LogP contribution in [-0.2, 0) is 14.6 Å². The van der Waals surface area contributed by atoms with E-state index in [2.05, 4.69) is 43.1 Å². The highest BCUT2D eigenvalue weighted by molar-refractivity contribution is 7.92. The zero-order valence-corrected chi connectivity index (χ0v) is 23.7. The van der Waals surface area contributed by atoms with Crippen molar-refractivity contribution in [1.29, 1.82) is 0 Å². The van der Waals surface area contributed by atoms with Gasteiger partial charge in [-0.1, -0.05) is 30.3 Å². The van der Waals surface area contributed by atoms with Gasteiger partial charge in [-0.05, 0) is 45.2 Å². The third-order valence-corrected chi connectivity index (χ3v) is 8.02. The van der Waals surface area contributed by atoms with Crippen molar-refractivity contribution in [2.24, 2.45) is 0 Å². The molecule has 1 heterocycles. The van der Waals surface area contributed by atoms with E-state index < -0.39 is 15.1 Å². The number of methoxy groups -OCH3 is 1. The molecule has 208 valence electrons. The fourth-order valence-electron chi connectivity index (χ4n) is 3.44. The van der Waals surface area contributed by atoms with E-state index in [0.717, 1.165) is 0 Å². The van der Waals surface area contributed by atoms with Crippen LogP contribution in [0.2, 0.25) is 5.02 Å². The van der Waals surface area contributed by atoms with Crippen LogP contribution >= 0.6 is 11.6 Å². The van der Waals surface area contributed by atoms with Crippen LogP contribution in [0.4, 0.5) is 34.5 Å². The van der Waals surface area contributed by atoms with Crippen molar-refractivity contribution in [2.75, 3.05) is 48.5 Å². The molecule has 1 aromatic heterocycles. The first-order chi connectivity index (χ1) is 18.6. The van der Waals surface area contributed by atoms with Gasteiger partial charge < -0.3 is 31.3 Å². The standard InChI is InChI=1S/C26H32ClN7O4S/c1-6-24(35)31-20-13-21(22(38-5)14-19(20)29-12-11-28-4)33-26-30-15-17(27)25(34-26)32-18-9-7-8-10-23(18)39(36,37)16(2)3/h6-10,13-16,28-29H,1,11-12H2,2-5H3,(H,31,35)(H2,30,32,33,34). The van der Waals surface area contributed by atoms with Gasteiger partial charge in [0.25, 0.3) is 0 Å². The van der Waals surface area contributed by atoms with Crippen LogP contribution in [0.15, 0.2) is 60.1 Å². The Morgan fingerprint density at radius 1 is 1.10 bits per heavy atom. The molecule has 39 heavy (non-hydrogen) atoms. The Bertz CT molecular complexity index is 1450. The normalized spacial score (nSPS) is 11.1. The van der Waals surface area contributed by atoms with Crippen molar-refractivity contribution < 1.29 is 17.9 Å². The lowest BCUT2D eigenvalue weighted by atomic mass is 10.2. The maximum absolute atomic E-state index is 12.9. The topological polar surface area (TPSA) is 146 Å². The van der Waals surface area contributed by atoms with Gasteiger partial charge in [-0.3, -0.25) is 4.79 Å². The second-order valence-corrected chi connectivity index (χ2v) is 11.4. The van der Waals surface area contributed by atoms with E-state index >= 15 is 0 Å². The van der Waals surface area contributed by atoms with Gasteiger partial charge in [0.1, 0.15) is 10.8 Å². The molecule has 0 aliphatic rings. The van der Waals surface area contributed by atoms with Crippen LogP contribution in [0.3, 0.4) is 0 Å². The number of nitrogens with one attached hydrogen (secondary N) is 5. The summed E-state index contributed by atoms with van der Waals surface area (Å²) in [6, 6.07) is 9.95. The number of hydrogen-bond donors (Lipinski definition) is 5. The van der Waals surface area contributed by atoms with Gasteiger partial charge in [0, 0.05) is 19.2 Å². The quantitative estimate of drug-likeness (QED) is 0.146. The molecule has 3 aromatic rings. The van der Waals surface area contributed by atoms with Crippen molar-refractivity contribution in [3.63, 3.8) is 0 Å². The Kier molecular flexibility index (Phi) is 10.1. The van der Waals surface area contributed by atoms with Crippen molar-refractivity contribution in [3.8, 4) is 5.75 Å². The minimum atomic E-state index is -3.57. The Morgan fingerprint density at radius 3 is 2.51 bits per heavy atom. The van der Waals surface area contributed by atoms with Gasteiger partial charge in [-0.15, -0.1) is 0 Å². The van der Waals surface area contributed by atoms with E-state index in [0.29, 0.717) is 41.6 Å². The predicted molar refractivity (Wildman–Crippen MR) is 157 cm³/mol. The van der Waals surface area contributed by atoms with Crippen molar-refractivity contribution in [1.82, 2.24) is 15.3 Å². The van der Waals surface area contributed by atoms with Crippen molar-refractivity contribution in [2.45, 2.75) is 24.0 Å². The average Bonchev–Trinajstić information content (AvgIpc) is 2.91. The lowest BCUT2D eigenvalue weighted by molar-refractivity contribution is -0.111. The van der Waals surface area contributed by atoms with Gasteiger partial charge in [0.15, 0.2) is 15.7 Å². The number of hydrogen-bond acceptors (Lipinski definition) is 10. The number of halogens is 1. The number of carbonyl (C=O) groups is 1. The van der Waals surface area contributed by atoms with Crippen LogP contribution in [-0.4, -0.2) is 56.8 Å². The number of sulfone groups is 1. The third-order valence-electron chi connectivity index (χ3n) is 5.53. The Hall–Kier alpha value is -3.87. The molecule has 0 aliphatic heterocycles. The first-order valence-electron chi connectivity index (χ1n) is 12.0. The molecule has 3 rings (SSSR count). The van der Waals surface area contributed by atoms with E-state index in [9.17, 15) is 13.2 Å². The number of carbonyl (C=O) groups excluding carboxylic acids is 1. The highest BCUT2D eigenvalue weighted by Gasteiger charge is 2.23. The largest absolute Gasteiger partial charge is 0.494 e. The predicted octanol–water partition coefficient (Wildman–Crippen LogP) is 4.56. The number of rotatable bonds is 13. The molecule has 0 fully saturated rings. The van der Waals surface area contributed by atoms with Gasteiger partial charge >= 0.3 is 0 Å². The molecule has 0 radical (unpaired) electrons. The van der Waals surface area contributed by atoms with Crippen molar-refractivity contribution >= 4 is 61.9 Å². The number of para-hydroxylation sites is 1. The number of aromatic nitrogens is 2. The van der Waals surface area contributed by atoms with Gasteiger partial charge in [0.2, 0.25) is 11.9 Å². The second kappa shape index (κ2) is 13.3. The van der Waals surface area contributed by atoms with E-state index in [1.807, 2.05) is 7.05 Å². The lowest BCUT2D eigenvalue weighted by Gasteiger charge is -2.18. The fourth-order valence-corrected chi connectivity index (χ4v) is 4.78. The van der Waals surface area contributed by atoms with E-state index in [-0.39, 0.29) is 27.6 Å². The minimum Gasteiger partial charge on any atom is -0.494 e. The molecular formula is C26H32ClN7O4S. The van der Waals surface area contributed by atoms with Crippen LogP contribution in [0.25, 0.3) is 0 Å². The number of likely N-dealkylation sites (N-methyl/N-ethyl adjacent to an activating group) is 1. The molecule has 0 saturated carbocycles. The number of amides is 1. The average molecular weight is 574 g/mol. The van der Waals surface area contributed by atoms with Crippen LogP contribution in [0.5, 0.6) is 5.75 Å². The molecular weight excluding hydrogens is 542 g/mol. The molecule has 0 aliphatic carbocycles. The van der Waals surface area contributed by atoms with E-state index in [1.54, 1.807) is 44.2 Å². The molecule has 0 unspecified atom stereocenters. The van der Waals surface area contributed by atoms with E-state index in [4.69, 9.17) is 16.3 Å². The van der Waals surface area contributed by atoms with Gasteiger partial charge in [0.05, 0.1) is 46.2 Å². The molecule has 13 heteroatoms. The number of ether oxygens (including phenoxy) is 1. The molecule has 0 spiro atoms. The van der Waals surface area contributed by atoms with Gasteiger partial charge in [-0.25, -0.2) is 13.4 Å². The summed E-state index contributed by atoms with van der Waals surface area (Å²) in [6.45, 7) is 8.05. The van der Waals surface area contributed by atoms with Gasteiger partial charge in [-0.2, -0.15) is 4.98 Å². The highest BCUT2D eigenvalue weighted by atomic mass is 35.5. The summed E-state index contributed by atoms with van der Waals surface area (Å²) in [7, 11) is -0.215. The maximum atomic E-state index is 12.9. The molecule has 5 N–H and O–H groups in total. The lowest BCUT2D eigenvalue weighted by Crippen LogP contribution is -2.19. The summed E-state index contributed by atoms with van der Waals surface area (Å²) in [5, 5.41) is 14.8. The highest BCUT2D eigenvalue weighted by Crippen LogP contribution is 2.37. The SMILES string of the molecule is C=CC(=O)Nc1cc(Nc2ncc(Cl)c(Nc3ccccc3S(=O)(=O)C(C)C)n2)c(OC)cc1NCCNC. The fraction of sp³-hybridized carbons (Fsp3) is 0.269. The zero-order chi connectivity index (χ0) is 28.6. The van der Waals surface area contributed by atoms with E-state index in [1.165, 1.54) is 25.4 Å².